The summed E-state index contributed by atoms with van der Waals surface area (Å²) in [6.07, 6.45) is 1.20. The molecule has 94 valence electrons. The van der Waals surface area contributed by atoms with Crippen molar-refractivity contribution in [3.63, 3.8) is 0 Å². The molecule has 0 bridgehead atoms. The number of aromatic nitrogens is 1. The number of hydrazine groups is 1. The van der Waals surface area contributed by atoms with E-state index in [1.165, 1.54) is 17.8 Å². The highest BCUT2D eigenvalue weighted by molar-refractivity contribution is 5.38. The van der Waals surface area contributed by atoms with Crippen molar-refractivity contribution >= 4 is 0 Å². The van der Waals surface area contributed by atoms with Crippen LogP contribution in [0.1, 0.15) is 28.4 Å². The Kier molecular flexibility index (Phi) is 3.69. The second-order valence-corrected chi connectivity index (χ2v) is 4.29. The van der Waals surface area contributed by atoms with Crippen molar-refractivity contribution < 1.29 is 4.39 Å². The summed E-state index contributed by atoms with van der Waals surface area (Å²) < 4.78 is 12.9. The first-order valence-electron chi connectivity index (χ1n) is 5.77. The maximum atomic E-state index is 12.9. The normalized spacial score (nSPS) is 12.4. The van der Waals surface area contributed by atoms with Gasteiger partial charge < -0.3 is 0 Å². The number of nitrogens with one attached hydrogen (secondary N) is 1. The average Bonchev–Trinajstić information content (AvgIpc) is 2.37. The van der Waals surface area contributed by atoms with Crippen LogP contribution in [0.4, 0.5) is 4.39 Å². The van der Waals surface area contributed by atoms with E-state index >= 15 is 0 Å². The molecule has 2 rings (SSSR count). The Labute approximate surface area is 106 Å². The van der Waals surface area contributed by atoms with Crippen LogP contribution in [0.25, 0.3) is 0 Å². The van der Waals surface area contributed by atoms with Crippen molar-refractivity contribution in [3.05, 3.63) is 64.7 Å². The number of pyridine rings is 1. The van der Waals surface area contributed by atoms with Gasteiger partial charge >= 0.3 is 0 Å². The van der Waals surface area contributed by atoms with Gasteiger partial charge in [-0.3, -0.25) is 10.8 Å². The molecule has 4 heteroatoms. The van der Waals surface area contributed by atoms with Crippen molar-refractivity contribution in [2.24, 2.45) is 5.84 Å². The van der Waals surface area contributed by atoms with Crippen LogP contribution >= 0.6 is 0 Å². The van der Waals surface area contributed by atoms with E-state index in [0.717, 1.165) is 11.1 Å². The minimum atomic E-state index is -0.351. The van der Waals surface area contributed by atoms with E-state index in [1.807, 2.05) is 32.0 Å². The lowest BCUT2D eigenvalue weighted by Gasteiger charge is -2.19. The summed E-state index contributed by atoms with van der Waals surface area (Å²) in [7, 11) is 0. The molecule has 0 aliphatic carbocycles. The first-order valence-corrected chi connectivity index (χ1v) is 5.77. The van der Waals surface area contributed by atoms with Gasteiger partial charge in [-0.05, 0) is 42.7 Å². The maximum absolute atomic E-state index is 12.9. The van der Waals surface area contributed by atoms with E-state index < -0.39 is 0 Å². The number of halogens is 1. The van der Waals surface area contributed by atoms with Crippen molar-refractivity contribution in [2.45, 2.75) is 19.9 Å². The lowest BCUT2D eigenvalue weighted by molar-refractivity contribution is 0.595. The first kappa shape index (κ1) is 12.7. The Morgan fingerprint density at radius 2 is 2.00 bits per heavy atom. The van der Waals surface area contributed by atoms with E-state index in [9.17, 15) is 4.39 Å². The molecular formula is C14H16FN3. The zero-order chi connectivity index (χ0) is 13.1. The maximum Gasteiger partial charge on any atom is 0.141 e. The zero-order valence-electron chi connectivity index (χ0n) is 10.4. The van der Waals surface area contributed by atoms with Gasteiger partial charge in [0.05, 0.1) is 17.9 Å². The SMILES string of the molecule is Cc1cccc(C(NN)c2ccc(F)cn2)c1C. The predicted octanol–water partition coefficient (Wildman–Crippen LogP) is 2.39. The Hall–Kier alpha value is -1.78. The fraction of sp³-hybridized carbons (Fsp3) is 0.214. The molecule has 1 aromatic heterocycles. The fourth-order valence-electron chi connectivity index (χ4n) is 1.98. The zero-order valence-corrected chi connectivity index (χ0v) is 10.4. The van der Waals surface area contributed by atoms with Gasteiger partial charge in [0.25, 0.3) is 0 Å². The molecule has 2 aromatic rings. The van der Waals surface area contributed by atoms with Crippen LogP contribution in [0, 0.1) is 19.7 Å². The third-order valence-electron chi connectivity index (χ3n) is 3.17. The molecule has 0 aliphatic rings. The van der Waals surface area contributed by atoms with E-state index in [-0.39, 0.29) is 11.9 Å². The Bertz CT molecular complexity index is 537. The molecule has 3 nitrogen and oxygen atoms in total. The molecule has 18 heavy (non-hydrogen) atoms. The van der Waals surface area contributed by atoms with Crippen LogP contribution in [0.15, 0.2) is 36.5 Å². The monoisotopic (exact) mass is 245 g/mol. The summed E-state index contributed by atoms with van der Waals surface area (Å²) in [5, 5.41) is 0. The molecular weight excluding hydrogens is 229 g/mol. The number of benzene rings is 1. The van der Waals surface area contributed by atoms with Crippen LogP contribution in [-0.2, 0) is 0 Å². The third kappa shape index (κ3) is 2.39. The van der Waals surface area contributed by atoms with Gasteiger partial charge in [0.15, 0.2) is 0 Å². The molecule has 1 aromatic carbocycles. The van der Waals surface area contributed by atoms with Crippen LogP contribution < -0.4 is 11.3 Å². The molecule has 0 saturated heterocycles. The molecule has 1 unspecified atom stereocenters. The largest absolute Gasteiger partial charge is 0.271 e. The molecule has 0 radical (unpaired) electrons. The molecule has 3 N–H and O–H groups in total. The summed E-state index contributed by atoms with van der Waals surface area (Å²) in [6, 6.07) is 8.82. The highest BCUT2D eigenvalue weighted by Crippen LogP contribution is 2.24. The first-order chi connectivity index (χ1) is 8.63. The third-order valence-corrected chi connectivity index (χ3v) is 3.17. The Balaban J connectivity index is 2.45. The summed E-state index contributed by atoms with van der Waals surface area (Å²) in [6.45, 7) is 4.09. The van der Waals surface area contributed by atoms with Crippen LogP contribution in [0.3, 0.4) is 0 Å². The molecule has 0 amide bonds. The van der Waals surface area contributed by atoms with Gasteiger partial charge in [-0.25, -0.2) is 9.82 Å². The van der Waals surface area contributed by atoms with Gasteiger partial charge in [-0.15, -0.1) is 0 Å². The van der Waals surface area contributed by atoms with Gasteiger partial charge in [0.2, 0.25) is 0 Å². The van der Waals surface area contributed by atoms with E-state index in [1.54, 1.807) is 6.07 Å². The van der Waals surface area contributed by atoms with Crippen molar-refractivity contribution in [3.8, 4) is 0 Å². The van der Waals surface area contributed by atoms with Gasteiger partial charge in [0.1, 0.15) is 5.82 Å². The number of nitrogens with zero attached hydrogens (tertiary/aromatic N) is 1. The number of nitrogens with two attached hydrogens (primary N) is 1. The summed E-state index contributed by atoms with van der Waals surface area (Å²) in [4.78, 5) is 4.08. The number of hydrogen-bond donors (Lipinski definition) is 2. The van der Waals surface area contributed by atoms with E-state index in [0.29, 0.717) is 5.69 Å². The lowest BCUT2D eigenvalue weighted by atomic mass is 9.95. The molecule has 0 saturated carbocycles. The fourth-order valence-corrected chi connectivity index (χ4v) is 1.98. The van der Waals surface area contributed by atoms with Crippen molar-refractivity contribution in [1.82, 2.24) is 10.4 Å². The molecule has 0 aliphatic heterocycles. The minimum absolute atomic E-state index is 0.231. The summed E-state index contributed by atoms with van der Waals surface area (Å²) >= 11 is 0. The predicted molar refractivity (Wildman–Crippen MR) is 69.3 cm³/mol. The molecule has 0 fully saturated rings. The highest BCUT2D eigenvalue weighted by atomic mass is 19.1. The average molecular weight is 245 g/mol. The molecule has 1 heterocycles. The smallest absolute Gasteiger partial charge is 0.141 e. The quantitative estimate of drug-likeness (QED) is 0.645. The second-order valence-electron chi connectivity index (χ2n) is 4.29. The second kappa shape index (κ2) is 5.25. The number of hydrogen-bond acceptors (Lipinski definition) is 3. The van der Waals surface area contributed by atoms with Crippen LogP contribution in [0.5, 0.6) is 0 Å². The van der Waals surface area contributed by atoms with Crippen LogP contribution in [-0.4, -0.2) is 4.98 Å². The van der Waals surface area contributed by atoms with Gasteiger partial charge in [-0.2, -0.15) is 0 Å². The summed E-state index contributed by atoms with van der Waals surface area (Å²) in [5.41, 5.74) is 6.84. The Morgan fingerprint density at radius 1 is 1.22 bits per heavy atom. The van der Waals surface area contributed by atoms with Gasteiger partial charge in [-0.1, -0.05) is 18.2 Å². The lowest BCUT2D eigenvalue weighted by Crippen LogP contribution is -2.30. The van der Waals surface area contributed by atoms with Crippen LogP contribution in [0.2, 0.25) is 0 Å². The highest BCUT2D eigenvalue weighted by Gasteiger charge is 2.16. The standard InChI is InChI=1S/C14H16FN3/c1-9-4-3-5-12(10(9)2)14(18-16)13-7-6-11(15)8-17-13/h3-8,14,18H,16H2,1-2H3. The van der Waals surface area contributed by atoms with E-state index in [2.05, 4.69) is 10.4 Å². The Morgan fingerprint density at radius 3 is 2.61 bits per heavy atom. The topological polar surface area (TPSA) is 50.9 Å². The number of rotatable bonds is 3. The van der Waals surface area contributed by atoms with Crippen molar-refractivity contribution in [2.75, 3.05) is 0 Å². The van der Waals surface area contributed by atoms with Gasteiger partial charge in [0, 0.05) is 0 Å². The molecule has 0 spiro atoms. The number of aryl methyl sites for hydroxylation is 1. The minimum Gasteiger partial charge on any atom is -0.271 e. The van der Waals surface area contributed by atoms with E-state index in [4.69, 9.17) is 5.84 Å². The molecule has 1 atom stereocenters. The summed E-state index contributed by atoms with van der Waals surface area (Å²) in [5.74, 6) is 5.26. The van der Waals surface area contributed by atoms with Crippen molar-refractivity contribution in [1.29, 1.82) is 0 Å².